The highest BCUT2D eigenvalue weighted by Crippen LogP contribution is 2.11. The third-order valence-corrected chi connectivity index (χ3v) is 2.90. The van der Waals surface area contributed by atoms with Crippen molar-refractivity contribution in [3.8, 4) is 0 Å². The summed E-state index contributed by atoms with van der Waals surface area (Å²) in [5, 5.41) is 10.1. The third kappa shape index (κ3) is 2.31. The van der Waals surface area contributed by atoms with Crippen molar-refractivity contribution in [3.63, 3.8) is 0 Å². The van der Waals surface area contributed by atoms with Crippen LogP contribution in [0.5, 0.6) is 0 Å². The lowest BCUT2D eigenvalue weighted by molar-refractivity contribution is 0.515. The summed E-state index contributed by atoms with van der Waals surface area (Å²) in [7, 11) is 0. The average molecular weight is 204 g/mol. The van der Waals surface area contributed by atoms with Gasteiger partial charge in [-0.05, 0) is 24.9 Å². The monoisotopic (exact) mass is 204 g/mol. The maximum absolute atomic E-state index is 4.96. The molecule has 0 amide bonds. The summed E-state index contributed by atoms with van der Waals surface area (Å²) < 4.78 is 2.33. The van der Waals surface area contributed by atoms with E-state index < -0.39 is 0 Å². The van der Waals surface area contributed by atoms with Crippen molar-refractivity contribution in [2.24, 2.45) is 0 Å². The molecule has 1 heterocycles. The van der Waals surface area contributed by atoms with Crippen LogP contribution in [0.1, 0.15) is 19.9 Å². The molecule has 0 aliphatic carbocycles. The van der Waals surface area contributed by atoms with Gasteiger partial charge in [-0.15, -0.1) is 0 Å². The number of tetrazole rings is 1. The van der Waals surface area contributed by atoms with E-state index in [2.05, 4.69) is 29.4 Å². The average Bonchev–Trinajstić information content (AvgIpc) is 2.47. The Kier molecular flexibility index (Phi) is 3.74. The largest absolute Gasteiger partial charge is 0.239 e. The fourth-order valence-corrected chi connectivity index (χ4v) is 1.84. The van der Waals surface area contributed by atoms with Gasteiger partial charge in [-0.25, -0.2) is 4.68 Å². The second-order valence-corrected chi connectivity index (χ2v) is 4.15. The molecule has 0 saturated heterocycles. The first-order chi connectivity index (χ1) is 5.75. The van der Waals surface area contributed by atoms with Crippen molar-refractivity contribution in [3.05, 3.63) is 4.77 Å². The van der Waals surface area contributed by atoms with E-state index in [1.165, 1.54) is 0 Å². The van der Waals surface area contributed by atoms with Crippen molar-refractivity contribution < 1.29 is 0 Å². The molecule has 4 nitrogen and oxygen atoms in total. The van der Waals surface area contributed by atoms with Crippen LogP contribution in [-0.4, -0.2) is 31.7 Å². The number of hydrogen-bond acceptors (Lipinski definition) is 4. The highest BCUT2D eigenvalue weighted by molar-refractivity contribution is 7.99. The van der Waals surface area contributed by atoms with Crippen LogP contribution in [0.2, 0.25) is 0 Å². The molecule has 1 aromatic rings. The molecule has 68 valence electrons. The van der Waals surface area contributed by atoms with Crippen molar-refractivity contribution >= 4 is 24.0 Å². The number of H-pyrrole nitrogens is 1. The molecule has 0 spiro atoms. The van der Waals surface area contributed by atoms with Crippen LogP contribution < -0.4 is 0 Å². The van der Waals surface area contributed by atoms with Gasteiger partial charge in [0.05, 0.1) is 6.04 Å². The fraction of sp³-hybridized carbons (Fsp3) is 0.833. The molecular weight excluding hydrogens is 192 g/mol. The van der Waals surface area contributed by atoms with E-state index in [0.717, 1.165) is 11.5 Å². The van der Waals surface area contributed by atoms with Crippen LogP contribution in [0.4, 0.5) is 0 Å². The zero-order chi connectivity index (χ0) is 8.97. The first-order valence-corrected chi connectivity index (χ1v) is 5.39. The highest BCUT2D eigenvalue weighted by Gasteiger charge is 2.05. The Labute approximate surface area is 80.7 Å². The lowest BCUT2D eigenvalue weighted by atomic mass is 10.4. The number of thioether (sulfide) groups is 1. The molecule has 0 saturated carbocycles. The van der Waals surface area contributed by atoms with E-state index in [1.54, 1.807) is 4.68 Å². The second-order valence-electron chi connectivity index (χ2n) is 2.46. The van der Waals surface area contributed by atoms with E-state index in [4.69, 9.17) is 12.2 Å². The van der Waals surface area contributed by atoms with Gasteiger partial charge in [0, 0.05) is 5.75 Å². The zero-order valence-electron chi connectivity index (χ0n) is 7.15. The van der Waals surface area contributed by atoms with Crippen molar-refractivity contribution in [1.82, 2.24) is 20.2 Å². The molecule has 1 N–H and O–H groups in total. The third-order valence-electron chi connectivity index (χ3n) is 1.50. The van der Waals surface area contributed by atoms with Crippen molar-refractivity contribution in [2.75, 3.05) is 11.5 Å². The summed E-state index contributed by atoms with van der Waals surface area (Å²) >= 11 is 6.84. The Morgan fingerprint density at radius 2 is 2.50 bits per heavy atom. The van der Waals surface area contributed by atoms with Gasteiger partial charge in [0.15, 0.2) is 0 Å². The molecule has 6 heteroatoms. The normalized spacial score (nSPS) is 13.2. The summed E-state index contributed by atoms with van der Waals surface area (Å²) in [6, 6.07) is 0.345. The van der Waals surface area contributed by atoms with Crippen molar-refractivity contribution in [2.45, 2.75) is 19.9 Å². The zero-order valence-corrected chi connectivity index (χ0v) is 8.78. The van der Waals surface area contributed by atoms with Crippen LogP contribution in [0, 0.1) is 4.77 Å². The topological polar surface area (TPSA) is 46.5 Å². The molecule has 0 aliphatic rings. The molecule has 1 atom stereocenters. The SMILES string of the molecule is CCSCC(C)n1[nH]nnc1=S. The van der Waals surface area contributed by atoms with E-state index >= 15 is 0 Å². The Balaban J connectivity index is 2.59. The van der Waals surface area contributed by atoms with Gasteiger partial charge in [-0.2, -0.15) is 17.0 Å². The molecule has 12 heavy (non-hydrogen) atoms. The summed E-state index contributed by atoms with van der Waals surface area (Å²) in [6.07, 6.45) is 0. The van der Waals surface area contributed by atoms with Gasteiger partial charge in [-0.3, -0.25) is 0 Å². The summed E-state index contributed by atoms with van der Waals surface area (Å²) in [5.74, 6) is 2.16. The molecule has 1 unspecified atom stereocenters. The predicted molar refractivity (Wildman–Crippen MR) is 52.9 cm³/mol. The smallest absolute Gasteiger partial charge is 0.238 e. The molecule has 0 radical (unpaired) electrons. The minimum Gasteiger partial charge on any atom is -0.239 e. The fourth-order valence-electron chi connectivity index (χ4n) is 0.854. The maximum Gasteiger partial charge on any atom is 0.238 e. The van der Waals surface area contributed by atoms with Crippen LogP contribution in [0.15, 0.2) is 0 Å². The number of nitrogens with zero attached hydrogens (tertiary/aromatic N) is 3. The number of nitrogens with one attached hydrogen (secondary N) is 1. The van der Waals surface area contributed by atoms with Gasteiger partial charge >= 0.3 is 0 Å². The molecular formula is C6H12N4S2. The Bertz CT molecular complexity index is 279. The minimum absolute atomic E-state index is 0.345. The molecule has 0 bridgehead atoms. The molecule has 0 aromatic carbocycles. The summed E-state index contributed by atoms with van der Waals surface area (Å²) in [5.41, 5.74) is 0. The highest BCUT2D eigenvalue weighted by atomic mass is 32.2. The Hall–Kier alpha value is -0.360. The van der Waals surface area contributed by atoms with E-state index in [0.29, 0.717) is 10.8 Å². The molecule has 1 aromatic heterocycles. The predicted octanol–water partition coefficient (Wildman–Crippen LogP) is 1.65. The van der Waals surface area contributed by atoms with Crippen LogP contribution in [0.25, 0.3) is 0 Å². The van der Waals surface area contributed by atoms with Gasteiger partial charge in [-0.1, -0.05) is 17.2 Å². The lowest BCUT2D eigenvalue weighted by Gasteiger charge is -2.09. The van der Waals surface area contributed by atoms with Crippen molar-refractivity contribution in [1.29, 1.82) is 0 Å². The number of rotatable bonds is 4. The summed E-state index contributed by atoms with van der Waals surface area (Å²) in [4.78, 5) is 0. The molecule has 1 rings (SSSR count). The minimum atomic E-state index is 0.345. The Morgan fingerprint density at radius 1 is 1.75 bits per heavy atom. The van der Waals surface area contributed by atoms with Gasteiger partial charge in [0.1, 0.15) is 0 Å². The van der Waals surface area contributed by atoms with E-state index in [9.17, 15) is 0 Å². The molecule has 0 aliphatic heterocycles. The first kappa shape index (κ1) is 9.73. The maximum atomic E-state index is 4.96. The van der Waals surface area contributed by atoms with Crippen LogP contribution in [0.3, 0.4) is 0 Å². The summed E-state index contributed by atoms with van der Waals surface area (Å²) in [6.45, 7) is 4.24. The standard InChI is InChI=1S/C6H12N4S2/c1-3-12-4-5(2)10-6(11)7-8-9-10/h5H,3-4H2,1-2H3,(H,7,9,11). The quantitative estimate of drug-likeness (QED) is 0.758. The number of aromatic nitrogens is 4. The van der Waals surface area contributed by atoms with E-state index in [1.807, 2.05) is 11.8 Å². The first-order valence-electron chi connectivity index (χ1n) is 3.83. The van der Waals surface area contributed by atoms with Crippen LogP contribution in [-0.2, 0) is 0 Å². The number of hydrogen-bond donors (Lipinski definition) is 1. The van der Waals surface area contributed by atoms with Gasteiger partial charge in [0.2, 0.25) is 4.77 Å². The molecule has 0 fully saturated rings. The van der Waals surface area contributed by atoms with Gasteiger partial charge in [0.25, 0.3) is 0 Å². The Morgan fingerprint density at radius 3 is 3.00 bits per heavy atom. The second kappa shape index (κ2) is 4.61. The van der Waals surface area contributed by atoms with Gasteiger partial charge < -0.3 is 0 Å². The van der Waals surface area contributed by atoms with Crippen LogP contribution >= 0.6 is 24.0 Å². The van der Waals surface area contributed by atoms with E-state index in [-0.39, 0.29) is 0 Å². The number of aromatic amines is 1. The lowest BCUT2D eigenvalue weighted by Crippen LogP contribution is -2.09.